The zero-order valence-corrected chi connectivity index (χ0v) is 22.2. The van der Waals surface area contributed by atoms with E-state index in [2.05, 4.69) is 0 Å². The normalized spacial score (nSPS) is 13.3. The number of rotatable bonds is 8. The minimum Gasteiger partial charge on any atom is -0.460 e. The van der Waals surface area contributed by atoms with Crippen LogP contribution in [0, 0.1) is 0 Å². The van der Waals surface area contributed by atoms with E-state index >= 15 is 0 Å². The molecule has 2 aromatic carbocycles. The lowest BCUT2D eigenvalue weighted by Crippen LogP contribution is -2.45. The molecule has 0 aromatic heterocycles. The number of nitrogens with zero attached hydrogens (tertiary/aromatic N) is 1. The van der Waals surface area contributed by atoms with Crippen LogP contribution in [0.5, 0.6) is 0 Å². The molecular weight excluding hydrogens is 561 g/mol. The molecule has 38 heavy (non-hydrogen) atoms. The van der Waals surface area contributed by atoms with Gasteiger partial charge in [0.25, 0.3) is 0 Å². The molecule has 0 bridgehead atoms. The second-order valence-corrected chi connectivity index (χ2v) is 10.4. The van der Waals surface area contributed by atoms with Crippen LogP contribution in [0.1, 0.15) is 49.4 Å². The first kappa shape index (κ1) is 31.7. The molecule has 13 heteroatoms. The Hall–Kier alpha value is -2.50. The average molecular weight is 587 g/mol. The second kappa shape index (κ2) is 12.1. The molecule has 0 spiro atoms. The van der Waals surface area contributed by atoms with E-state index in [-0.39, 0.29) is 35.5 Å². The number of ether oxygens (including phenoxy) is 1. The Morgan fingerprint density at radius 3 is 1.92 bits per heavy atom. The highest BCUT2D eigenvalue weighted by Crippen LogP contribution is 2.36. The standard InChI is InChI=1S/C25H26Cl2F6N2O3/c1-23(2,3)38-21(36)6-7-35(22(37)20(34)11-14-4-5-18(26)19(27)10-14)13-15-8-16(24(28,29)30)12-17(9-15)25(31,32)33/h4-5,8-10,12,20H,6-7,11,13,34H2,1-3H3. The summed E-state index contributed by atoms with van der Waals surface area (Å²) < 4.78 is 85.1. The van der Waals surface area contributed by atoms with Gasteiger partial charge in [-0.3, -0.25) is 9.59 Å². The molecule has 0 aliphatic carbocycles. The van der Waals surface area contributed by atoms with Crippen molar-refractivity contribution in [3.05, 3.63) is 68.7 Å². The summed E-state index contributed by atoms with van der Waals surface area (Å²) in [7, 11) is 0. The molecule has 210 valence electrons. The lowest BCUT2D eigenvalue weighted by atomic mass is 10.0. The Morgan fingerprint density at radius 1 is 0.895 bits per heavy atom. The largest absolute Gasteiger partial charge is 0.460 e. The number of benzene rings is 2. The maximum atomic E-state index is 13.3. The zero-order chi connectivity index (χ0) is 29.1. The molecule has 0 saturated heterocycles. The summed E-state index contributed by atoms with van der Waals surface area (Å²) in [6.45, 7) is 3.82. The molecule has 1 atom stereocenters. The van der Waals surface area contributed by atoms with Crippen LogP contribution in [0.4, 0.5) is 26.3 Å². The zero-order valence-electron chi connectivity index (χ0n) is 20.6. The monoisotopic (exact) mass is 586 g/mol. The molecule has 5 nitrogen and oxygen atoms in total. The van der Waals surface area contributed by atoms with Crippen LogP contribution in [0.3, 0.4) is 0 Å². The number of hydrogen-bond donors (Lipinski definition) is 1. The summed E-state index contributed by atoms with van der Waals surface area (Å²) in [6, 6.07) is 4.31. The third-order valence-electron chi connectivity index (χ3n) is 5.10. The molecule has 0 aliphatic rings. The van der Waals surface area contributed by atoms with Crippen molar-refractivity contribution < 1.29 is 40.7 Å². The van der Waals surface area contributed by atoms with Crippen LogP contribution in [0.25, 0.3) is 0 Å². The minimum atomic E-state index is -5.06. The van der Waals surface area contributed by atoms with Crippen molar-refractivity contribution in [3.8, 4) is 0 Å². The SMILES string of the molecule is CC(C)(C)OC(=O)CCN(Cc1cc(C(F)(F)F)cc(C(F)(F)F)c1)C(=O)C(N)Cc1ccc(Cl)c(Cl)c1. The number of halogens is 8. The first-order valence-electron chi connectivity index (χ1n) is 11.2. The van der Waals surface area contributed by atoms with Gasteiger partial charge in [0.15, 0.2) is 0 Å². The van der Waals surface area contributed by atoms with Gasteiger partial charge in [0, 0.05) is 13.1 Å². The van der Waals surface area contributed by atoms with Crippen molar-refractivity contribution in [2.24, 2.45) is 5.73 Å². The molecule has 2 rings (SSSR count). The van der Waals surface area contributed by atoms with E-state index in [1.807, 2.05) is 0 Å². The average Bonchev–Trinajstić information content (AvgIpc) is 2.76. The molecule has 0 radical (unpaired) electrons. The maximum Gasteiger partial charge on any atom is 0.416 e. The predicted molar refractivity (Wildman–Crippen MR) is 130 cm³/mol. The smallest absolute Gasteiger partial charge is 0.416 e. The van der Waals surface area contributed by atoms with Crippen LogP contribution >= 0.6 is 23.2 Å². The fourth-order valence-corrected chi connectivity index (χ4v) is 3.78. The van der Waals surface area contributed by atoms with Crippen molar-refractivity contribution in [1.82, 2.24) is 4.90 Å². The van der Waals surface area contributed by atoms with Gasteiger partial charge in [-0.15, -0.1) is 0 Å². The highest BCUT2D eigenvalue weighted by molar-refractivity contribution is 6.42. The van der Waals surface area contributed by atoms with E-state index < -0.39 is 59.1 Å². The van der Waals surface area contributed by atoms with E-state index in [0.29, 0.717) is 17.7 Å². The molecule has 1 unspecified atom stereocenters. The number of carbonyl (C=O) groups excluding carboxylic acids is 2. The third kappa shape index (κ3) is 9.67. The van der Waals surface area contributed by atoms with Gasteiger partial charge in [0.2, 0.25) is 5.91 Å². The van der Waals surface area contributed by atoms with E-state index in [9.17, 15) is 35.9 Å². The number of amides is 1. The predicted octanol–water partition coefficient (Wildman–Crippen LogP) is 6.66. The highest BCUT2D eigenvalue weighted by Gasteiger charge is 2.37. The molecule has 0 fully saturated rings. The van der Waals surface area contributed by atoms with Gasteiger partial charge in [0.05, 0.1) is 33.6 Å². The number of esters is 1. The molecule has 2 aromatic rings. The Bertz CT molecular complexity index is 1130. The summed E-state index contributed by atoms with van der Waals surface area (Å²) in [4.78, 5) is 26.4. The second-order valence-electron chi connectivity index (χ2n) is 9.57. The van der Waals surface area contributed by atoms with Crippen LogP contribution in [0.15, 0.2) is 36.4 Å². The van der Waals surface area contributed by atoms with Gasteiger partial charge in [0.1, 0.15) is 5.60 Å². The van der Waals surface area contributed by atoms with Crippen LogP contribution in [-0.4, -0.2) is 35.0 Å². The number of hydrogen-bond acceptors (Lipinski definition) is 4. The summed E-state index contributed by atoms with van der Waals surface area (Å²) in [5, 5.41) is 0.466. The van der Waals surface area contributed by atoms with Gasteiger partial charge < -0.3 is 15.4 Å². The van der Waals surface area contributed by atoms with Crippen LogP contribution in [-0.2, 0) is 39.6 Å². The topological polar surface area (TPSA) is 72.6 Å². The van der Waals surface area contributed by atoms with Crippen molar-refractivity contribution in [2.75, 3.05) is 6.54 Å². The highest BCUT2D eigenvalue weighted by atomic mass is 35.5. The lowest BCUT2D eigenvalue weighted by Gasteiger charge is -2.27. The number of carbonyl (C=O) groups is 2. The Balaban J connectivity index is 2.38. The van der Waals surface area contributed by atoms with E-state index in [0.717, 1.165) is 4.90 Å². The first-order valence-corrected chi connectivity index (χ1v) is 12.0. The number of alkyl halides is 6. The van der Waals surface area contributed by atoms with E-state index in [1.54, 1.807) is 26.8 Å². The van der Waals surface area contributed by atoms with Crippen molar-refractivity contribution in [1.29, 1.82) is 0 Å². The summed E-state index contributed by atoms with van der Waals surface area (Å²) >= 11 is 11.9. The van der Waals surface area contributed by atoms with Crippen LogP contribution in [0.2, 0.25) is 10.0 Å². The Labute approximate surface area is 225 Å². The van der Waals surface area contributed by atoms with Crippen LogP contribution < -0.4 is 5.73 Å². The fourth-order valence-electron chi connectivity index (χ4n) is 3.46. The summed E-state index contributed by atoms with van der Waals surface area (Å²) in [5.41, 5.74) is 2.24. The Kier molecular flexibility index (Phi) is 10.1. The van der Waals surface area contributed by atoms with Gasteiger partial charge in [-0.2, -0.15) is 26.3 Å². The molecule has 2 N–H and O–H groups in total. The summed E-state index contributed by atoms with van der Waals surface area (Å²) in [5.74, 6) is -1.51. The molecule has 1 amide bonds. The first-order chi connectivity index (χ1) is 17.3. The Morgan fingerprint density at radius 2 is 1.45 bits per heavy atom. The molecule has 0 saturated carbocycles. The van der Waals surface area contributed by atoms with E-state index in [1.165, 1.54) is 12.1 Å². The summed E-state index contributed by atoms with van der Waals surface area (Å²) in [6.07, 6.45) is -10.6. The van der Waals surface area contributed by atoms with Crippen molar-refractivity contribution in [3.63, 3.8) is 0 Å². The number of nitrogens with two attached hydrogens (primary N) is 1. The lowest BCUT2D eigenvalue weighted by molar-refractivity contribution is -0.155. The maximum absolute atomic E-state index is 13.3. The van der Waals surface area contributed by atoms with Gasteiger partial charge >= 0.3 is 18.3 Å². The fraction of sp³-hybridized carbons (Fsp3) is 0.440. The van der Waals surface area contributed by atoms with Gasteiger partial charge in [-0.05, 0) is 68.7 Å². The molecular formula is C25H26Cl2F6N2O3. The van der Waals surface area contributed by atoms with E-state index in [4.69, 9.17) is 33.7 Å². The van der Waals surface area contributed by atoms with Gasteiger partial charge in [-0.1, -0.05) is 29.3 Å². The molecule has 0 heterocycles. The minimum absolute atomic E-state index is 0.00757. The van der Waals surface area contributed by atoms with Crippen molar-refractivity contribution >= 4 is 35.1 Å². The van der Waals surface area contributed by atoms with Crippen molar-refractivity contribution in [2.45, 2.75) is 64.2 Å². The molecule has 0 aliphatic heterocycles. The quantitative estimate of drug-likeness (QED) is 0.277. The third-order valence-corrected chi connectivity index (χ3v) is 5.83. The van der Waals surface area contributed by atoms with Gasteiger partial charge in [-0.25, -0.2) is 0 Å².